The van der Waals surface area contributed by atoms with Gasteiger partial charge in [-0.05, 0) is 44.2 Å². The van der Waals surface area contributed by atoms with Crippen LogP contribution in [0.15, 0.2) is 36.4 Å². The molecule has 2 aromatic rings. The lowest BCUT2D eigenvalue weighted by Gasteiger charge is -2.18. The van der Waals surface area contributed by atoms with Crippen LogP contribution < -0.4 is 10.6 Å². The van der Waals surface area contributed by atoms with E-state index < -0.39 is 11.9 Å². The Bertz CT molecular complexity index is 836. The molecular weight excluding hydrogens is 364 g/mol. The number of nitrogens with one attached hydrogen (secondary N) is 1. The monoisotopic (exact) mass is 380 g/mol. The number of nitriles is 1. The fourth-order valence-corrected chi connectivity index (χ4v) is 2.99. The normalized spacial score (nSPS) is 13.0. The lowest BCUT2D eigenvalue weighted by atomic mass is 10.1. The number of hydrogen-bond donors (Lipinski definition) is 2. The van der Waals surface area contributed by atoms with Crippen molar-refractivity contribution >= 4 is 34.8 Å². The van der Waals surface area contributed by atoms with Gasteiger partial charge in [-0.3, -0.25) is 4.79 Å². The summed E-state index contributed by atoms with van der Waals surface area (Å²) in [7, 11) is 0. The summed E-state index contributed by atoms with van der Waals surface area (Å²) < 4.78 is 13.7. The summed E-state index contributed by atoms with van der Waals surface area (Å²) in [5.41, 5.74) is 1.58. The number of nitrogens with two attached hydrogens (primary N) is 1. The lowest BCUT2D eigenvalue weighted by Crippen LogP contribution is -2.91. The van der Waals surface area contributed by atoms with Gasteiger partial charge in [0.1, 0.15) is 11.9 Å². The first-order valence-electron chi connectivity index (χ1n) is 7.62. The summed E-state index contributed by atoms with van der Waals surface area (Å²) in [6.07, 6.45) is 0. The van der Waals surface area contributed by atoms with E-state index in [0.29, 0.717) is 21.8 Å². The van der Waals surface area contributed by atoms with E-state index in [1.54, 1.807) is 36.5 Å². The van der Waals surface area contributed by atoms with Gasteiger partial charge in [-0.1, -0.05) is 29.3 Å². The molecule has 0 aliphatic carbocycles. The van der Waals surface area contributed by atoms with Crippen LogP contribution in [0.25, 0.3) is 0 Å². The molecule has 0 fully saturated rings. The maximum atomic E-state index is 13.7. The van der Waals surface area contributed by atoms with Crippen molar-refractivity contribution in [3.8, 4) is 6.07 Å². The average Bonchev–Trinajstić information content (AvgIpc) is 2.58. The first-order chi connectivity index (χ1) is 11.8. The van der Waals surface area contributed by atoms with Crippen LogP contribution in [-0.4, -0.2) is 11.9 Å². The minimum absolute atomic E-state index is 0.0379. The second kappa shape index (κ2) is 8.30. The van der Waals surface area contributed by atoms with E-state index in [9.17, 15) is 9.18 Å². The number of benzene rings is 2. The molecule has 0 heterocycles. The van der Waals surface area contributed by atoms with E-state index in [1.165, 1.54) is 12.1 Å². The van der Waals surface area contributed by atoms with Gasteiger partial charge >= 0.3 is 0 Å². The largest absolute Gasteiger partial charge is 0.330 e. The van der Waals surface area contributed by atoms with Crippen LogP contribution in [0.2, 0.25) is 10.0 Å². The molecule has 7 heteroatoms. The summed E-state index contributed by atoms with van der Waals surface area (Å²) in [6, 6.07) is 10.6. The molecule has 2 atom stereocenters. The molecule has 0 aromatic heterocycles. The second-order valence-electron chi connectivity index (χ2n) is 5.74. The first-order valence-corrected chi connectivity index (χ1v) is 8.38. The summed E-state index contributed by atoms with van der Waals surface area (Å²) >= 11 is 11.8. The Morgan fingerprint density at radius 3 is 2.64 bits per heavy atom. The quantitative estimate of drug-likeness (QED) is 0.777. The standard InChI is InChI=1S/C18H16Cl2FN3O/c1-10(14-7-17(21)16(20)8-15(14)19)23-11(2)18(25)24-13-5-3-4-12(6-13)9-22/h3-8,10-11,23H,1-2H3,(H,24,25)/p+1/t10-,11-/m0/s1. The number of amides is 1. The minimum atomic E-state index is -0.549. The molecule has 3 N–H and O–H groups in total. The number of carbonyl (C=O) groups is 1. The van der Waals surface area contributed by atoms with Crippen LogP contribution in [0.3, 0.4) is 0 Å². The molecule has 2 aromatic carbocycles. The predicted octanol–water partition coefficient (Wildman–Crippen LogP) is 3.66. The molecule has 0 aliphatic rings. The molecule has 0 aliphatic heterocycles. The highest BCUT2D eigenvalue weighted by Gasteiger charge is 2.23. The number of halogens is 3. The number of quaternary nitrogens is 1. The van der Waals surface area contributed by atoms with Gasteiger partial charge in [0.25, 0.3) is 5.91 Å². The molecule has 0 saturated carbocycles. The third kappa shape index (κ3) is 4.93. The van der Waals surface area contributed by atoms with Crippen LogP contribution in [0.5, 0.6) is 0 Å². The predicted molar refractivity (Wildman–Crippen MR) is 96.0 cm³/mol. The van der Waals surface area contributed by atoms with E-state index in [1.807, 2.05) is 13.0 Å². The van der Waals surface area contributed by atoms with Gasteiger partial charge in [-0.2, -0.15) is 5.26 Å². The fourth-order valence-electron chi connectivity index (χ4n) is 2.43. The molecule has 0 bridgehead atoms. The molecule has 1 amide bonds. The topological polar surface area (TPSA) is 69.5 Å². The molecule has 0 spiro atoms. The van der Waals surface area contributed by atoms with Crippen molar-refractivity contribution in [2.24, 2.45) is 0 Å². The van der Waals surface area contributed by atoms with Crippen molar-refractivity contribution in [2.75, 3.05) is 5.32 Å². The molecule has 0 radical (unpaired) electrons. The van der Waals surface area contributed by atoms with E-state index in [0.717, 1.165) is 0 Å². The van der Waals surface area contributed by atoms with Gasteiger partial charge in [-0.15, -0.1) is 0 Å². The Kier molecular flexibility index (Phi) is 6.38. The zero-order valence-corrected chi connectivity index (χ0v) is 15.2. The SMILES string of the molecule is C[C@H]([NH2+][C@@H](C)c1cc(F)c(Cl)cc1Cl)C(=O)Nc1cccc(C#N)c1. The van der Waals surface area contributed by atoms with Crippen molar-refractivity contribution in [1.29, 1.82) is 5.26 Å². The van der Waals surface area contributed by atoms with E-state index >= 15 is 0 Å². The summed E-state index contributed by atoms with van der Waals surface area (Å²) in [4.78, 5) is 12.3. The van der Waals surface area contributed by atoms with E-state index in [-0.39, 0.29) is 17.0 Å². The van der Waals surface area contributed by atoms with Gasteiger partial charge in [0.05, 0.1) is 21.7 Å². The number of hydrogen-bond acceptors (Lipinski definition) is 2. The van der Waals surface area contributed by atoms with Crippen molar-refractivity contribution in [3.05, 3.63) is 63.4 Å². The summed E-state index contributed by atoms with van der Waals surface area (Å²) in [6.45, 7) is 3.56. The Labute approximate surface area is 155 Å². The molecule has 130 valence electrons. The maximum absolute atomic E-state index is 13.7. The van der Waals surface area contributed by atoms with Gasteiger partial charge < -0.3 is 10.6 Å². The van der Waals surface area contributed by atoms with Crippen LogP contribution in [0.4, 0.5) is 10.1 Å². The summed E-state index contributed by atoms with van der Waals surface area (Å²) in [5, 5.41) is 13.7. The number of nitrogens with zero attached hydrogens (tertiary/aromatic N) is 1. The van der Waals surface area contributed by atoms with Gasteiger partial charge in [0.15, 0.2) is 6.04 Å². The van der Waals surface area contributed by atoms with E-state index in [2.05, 4.69) is 5.32 Å². The Morgan fingerprint density at radius 1 is 1.24 bits per heavy atom. The fraction of sp³-hybridized carbons (Fsp3) is 0.222. The zero-order chi connectivity index (χ0) is 18.6. The lowest BCUT2D eigenvalue weighted by molar-refractivity contribution is -0.709. The smallest absolute Gasteiger partial charge is 0.282 e. The van der Waals surface area contributed by atoms with Crippen LogP contribution in [-0.2, 0) is 4.79 Å². The van der Waals surface area contributed by atoms with Crippen LogP contribution >= 0.6 is 23.2 Å². The van der Waals surface area contributed by atoms with Crippen LogP contribution in [0, 0.1) is 17.1 Å². The Balaban J connectivity index is 2.05. The third-order valence-corrected chi connectivity index (χ3v) is 4.40. The van der Waals surface area contributed by atoms with E-state index in [4.69, 9.17) is 28.5 Å². The van der Waals surface area contributed by atoms with Crippen LogP contribution in [0.1, 0.15) is 31.0 Å². The highest BCUT2D eigenvalue weighted by atomic mass is 35.5. The van der Waals surface area contributed by atoms with Gasteiger partial charge in [-0.25, -0.2) is 4.39 Å². The molecule has 0 unspecified atom stereocenters. The molecule has 2 rings (SSSR count). The zero-order valence-electron chi connectivity index (χ0n) is 13.7. The van der Waals surface area contributed by atoms with Crippen molar-refractivity contribution in [1.82, 2.24) is 0 Å². The number of rotatable bonds is 5. The maximum Gasteiger partial charge on any atom is 0.282 e. The second-order valence-corrected chi connectivity index (χ2v) is 6.55. The molecule has 4 nitrogen and oxygen atoms in total. The molecular formula is C18H17Cl2FN3O+. The minimum Gasteiger partial charge on any atom is -0.330 e. The van der Waals surface area contributed by atoms with Gasteiger partial charge in [0, 0.05) is 11.3 Å². The number of anilines is 1. The summed E-state index contributed by atoms with van der Waals surface area (Å²) in [5.74, 6) is -0.778. The first kappa shape index (κ1) is 19.2. The Hall–Kier alpha value is -2.13. The van der Waals surface area contributed by atoms with Crippen molar-refractivity contribution < 1.29 is 14.5 Å². The molecule has 0 saturated heterocycles. The highest BCUT2D eigenvalue weighted by molar-refractivity contribution is 6.35. The molecule has 25 heavy (non-hydrogen) atoms. The highest BCUT2D eigenvalue weighted by Crippen LogP contribution is 2.27. The average molecular weight is 381 g/mol. The third-order valence-electron chi connectivity index (χ3n) is 3.78. The number of carbonyl (C=O) groups excluding carboxylic acids is 1. The van der Waals surface area contributed by atoms with Crippen molar-refractivity contribution in [2.45, 2.75) is 25.9 Å². The van der Waals surface area contributed by atoms with Gasteiger partial charge in [0.2, 0.25) is 0 Å². The Morgan fingerprint density at radius 2 is 1.96 bits per heavy atom. The van der Waals surface area contributed by atoms with Crippen molar-refractivity contribution in [3.63, 3.8) is 0 Å².